The van der Waals surface area contributed by atoms with Crippen LogP contribution < -0.4 is 0 Å². The van der Waals surface area contributed by atoms with E-state index in [1.807, 2.05) is 6.92 Å². The highest BCUT2D eigenvalue weighted by Gasteiger charge is 2.85. The molecule has 7 rings (SSSR count). The molecule has 0 aromatic rings. The zero-order chi connectivity index (χ0) is 33.8. The Morgan fingerprint density at radius 2 is 1.62 bits per heavy atom. The first-order valence-corrected chi connectivity index (χ1v) is 22.7. The SMILES string of the molecule is C=C(C)C(O)[C@H]1C[C@@H](C)[C@H]2[C@H](O1)[C@H](O[Si](CC)(CC)CC)[C@@]1(C)[C@@H]3CC[C@H]4C(C)(C)C(O[C@H]5CCCCO5)CCC45C[C@@]35CC[C@]21C. The molecule has 2 aliphatic heterocycles. The van der Waals surface area contributed by atoms with Gasteiger partial charge in [0.05, 0.1) is 24.4 Å². The second kappa shape index (κ2) is 11.9. The quantitative estimate of drug-likeness (QED) is 0.150. The Kier molecular flexibility index (Phi) is 8.91. The number of hydrogen-bond donors (Lipinski definition) is 1. The summed E-state index contributed by atoms with van der Waals surface area (Å²) in [5.41, 5.74) is 2.05. The maximum Gasteiger partial charge on any atom is 0.192 e. The van der Waals surface area contributed by atoms with E-state index in [0.29, 0.717) is 40.6 Å². The van der Waals surface area contributed by atoms with Crippen molar-refractivity contribution in [3.63, 3.8) is 0 Å². The van der Waals surface area contributed by atoms with Gasteiger partial charge in [-0.05, 0) is 147 Å². The molecule has 2 heterocycles. The first-order valence-electron chi connectivity index (χ1n) is 20.1. The number of ether oxygens (including phenoxy) is 3. The summed E-state index contributed by atoms with van der Waals surface area (Å²) in [7, 11) is -1.95. The van der Waals surface area contributed by atoms with Crippen molar-refractivity contribution in [2.45, 2.75) is 188 Å². The van der Waals surface area contributed by atoms with Crippen LogP contribution in [0.3, 0.4) is 0 Å². The summed E-state index contributed by atoms with van der Waals surface area (Å²) >= 11 is 0. The van der Waals surface area contributed by atoms with E-state index in [4.69, 9.17) is 18.6 Å². The summed E-state index contributed by atoms with van der Waals surface area (Å²) in [5.74, 6) is 2.32. The molecule has 2 spiro atoms. The van der Waals surface area contributed by atoms with Crippen LogP contribution in [0.1, 0.15) is 133 Å². The number of aliphatic hydroxyl groups excluding tert-OH is 1. The fourth-order valence-corrected chi connectivity index (χ4v) is 17.4. The highest BCUT2D eigenvalue weighted by molar-refractivity contribution is 6.73. The molecular weight excluding hydrogens is 601 g/mol. The largest absolute Gasteiger partial charge is 0.411 e. The van der Waals surface area contributed by atoms with Crippen molar-refractivity contribution in [2.24, 2.45) is 50.7 Å². The lowest BCUT2D eigenvalue weighted by molar-refractivity contribution is -0.242. The maximum absolute atomic E-state index is 11.3. The van der Waals surface area contributed by atoms with Crippen LogP contribution in [0.25, 0.3) is 0 Å². The lowest BCUT2D eigenvalue weighted by atomic mass is 9.41. The zero-order valence-electron chi connectivity index (χ0n) is 31.7. The van der Waals surface area contributed by atoms with Gasteiger partial charge in [-0.25, -0.2) is 0 Å². The summed E-state index contributed by atoms with van der Waals surface area (Å²) in [6.07, 6.45) is 13.2. The average Bonchev–Trinajstić information content (AvgIpc) is 3.68. The van der Waals surface area contributed by atoms with Gasteiger partial charge in [0, 0.05) is 12.0 Å². The Morgan fingerprint density at radius 3 is 2.26 bits per heavy atom. The second-order valence-corrected chi connectivity index (χ2v) is 23.8. The highest BCUT2D eigenvalue weighted by atomic mass is 28.4. The summed E-state index contributed by atoms with van der Waals surface area (Å²) in [4.78, 5) is 0. The molecule has 0 aromatic heterocycles. The van der Waals surface area contributed by atoms with Gasteiger partial charge in [0.1, 0.15) is 6.10 Å². The summed E-state index contributed by atoms with van der Waals surface area (Å²) in [6, 6.07) is 3.49. The Hall–Kier alpha value is -0.243. The number of hydrogen-bond acceptors (Lipinski definition) is 5. The first kappa shape index (κ1) is 35.2. The van der Waals surface area contributed by atoms with E-state index in [2.05, 4.69) is 62.0 Å². The van der Waals surface area contributed by atoms with Crippen molar-refractivity contribution in [1.29, 1.82) is 0 Å². The molecule has 3 unspecified atom stereocenters. The van der Waals surface area contributed by atoms with E-state index in [1.54, 1.807) is 0 Å². The normalized spacial score (nSPS) is 50.7. The van der Waals surface area contributed by atoms with Gasteiger partial charge in [0.15, 0.2) is 14.6 Å². The molecule has 7 fully saturated rings. The van der Waals surface area contributed by atoms with Gasteiger partial charge >= 0.3 is 0 Å². The molecule has 5 nitrogen and oxygen atoms in total. The van der Waals surface area contributed by atoms with E-state index >= 15 is 0 Å². The van der Waals surface area contributed by atoms with Crippen LogP contribution in [0.5, 0.6) is 0 Å². The molecule has 0 bridgehead atoms. The van der Waals surface area contributed by atoms with Crippen molar-refractivity contribution in [2.75, 3.05) is 6.61 Å². The summed E-state index contributed by atoms with van der Waals surface area (Å²) in [6.45, 7) is 27.0. The van der Waals surface area contributed by atoms with E-state index in [0.717, 1.165) is 43.2 Å². The van der Waals surface area contributed by atoms with Crippen LogP contribution in [-0.4, -0.2) is 56.8 Å². The highest BCUT2D eigenvalue weighted by Crippen LogP contribution is 2.89. The van der Waals surface area contributed by atoms with Crippen LogP contribution in [0, 0.1) is 50.7 Å². The van der Waals surface area contributed by atoms with Crippen molar-refractivity contribution < 1.29 is 23.7 Å². The maximum atomic E-state index is 11.3. The molecule has 0 radical (unpaired) electrons. The molecule has 7 aliphatic rings. The van der Waals surface area contributed by atoms with Crippen LogP contribution >= 0.6 is 0 Å². The Morgan fingerprint density at radius 1 is 0.936 bits per heavy atom. The first-order chi connectivity index (χ1) is 22.2. The predicted molar refractivity (Wildman–Crippen MR) is 191 cm³/mol. The van der Waals surface area contributed by atoms with Gasteiger partial charge in [0.2, 0.25) is 0 Å². The zero-order valence-corrected chi connectivity index (χ0v) is 32.7. The third-order valence-corrected chi connectivity index (χ3v) is 22.0. The molecule has 47 heavy (non-hydrogen) atoms. The lowest BCUT2D eigenvalue weighted by Crippen LogP contribution is -2.61. The van der Waals surface area contributed by atoms with E-state index in [-0.39, 0.29) is 40.8 Å². The van der Waals surface area contributed by atoms with Crippen molar-refractivity contribution >= 4 is 8.32 Å². The fourth-order valence-electron chi connectivity index (χ4n) is 14.5. The summed E-state index contributed by atoms with van der Waals surface area (Å²) in [5, 5.41) is 11.3. The van der Waals surface area contributed by atoms with Gasteiger partial charge in [-0.3, -0.25) is 0 Å². The van der Waals surface area contributed by atoms with Crippen LogP contribution in [0.15, 0.2) is 12.2 Å². The monoisotopic (exact) mass is 670 g/mol. The number of rotatable bonds is 9. The molecule has 6 heteroatoms. The standard InChI is InChI=1S/C41H70O5Si/c1-11-47(12-2,13-3)46-36-35-33(27(6)24-28(44-35)34(42)26(4)5)38(9)21-22-41-25-40(41)20-19-31(45-32-16-14-15-23-43-32)37(7,8)29(40)17-18-30(41)39(36,38)10/h27-36,42H,4,11-25H2,1-3,5-10H3/t27-,28-,29+,30+,31?,32+,33+,34?,35+,36+,38-,39-,40?,41+/m1/s1. The van der Waals surface area contributed by atoms with Gasteiger partial charge in [0.25, 0.3) is 0 Å². The topological polar surface area (TPSA) is 57.2 Å². The number of fused-ring (bicyclic) bond motifs is 4. The smallest absolute Gasteiger partial charge is 0.192 e. The number of aliphatic hydroxyl groups is 1. The van der Waals surface area contributed by atoms with Crippen molar-refractivity contribution in [3.05, 3.63) is 12.2 Å². The van der Waals surface area contributed by atoms with Crippen LogP contribution in [-0.2, 0) is 18.6 Å². The third-order valence-electron chi connectivity index (χ3n) is 17.4. The Labute approximate surface area is 288 Å². The molecule has 5 saturated carbocycles. The molecular formula is C41H70O5Si. The molecule has 1 N–H and O–H groups in total. The molecule has 0 amide bonds. The van der Waals surface area contributed by atoms with E-state index < -0.39 is 14.4 Å². The van der Waals surface area contributed by atoms with Gasteiger partial charge in [-0.15, -0.1) is 0 Å². The molecule has 0 aromatic carbocycles. The van der Waals surface area contributed by atoms with Crippen LogP contribution in [0.2, 0.25) is 18.1 Å². The lowest BCUT2D eigenvalue weighted by Gasteiger charge is -2.64. The third kappa shape index (κ3) is 4.75. The molecule has 2 saturated heterocycles. The minimum absolute atomic E-state index is 0.00467. The second-order valence-electron chi connectivity index (χ2n) is 19.1. The average molecular weight is 671 g/mol. The minimum Gasteiger partial charge on any atom is -0.411 e. The van der Waals surface area contributed by atoms with Crippen LogP contribution in [0.4, 0.5) is 0 Å². The molecule has 268 valence electrons. The molecule has 14 atom stereocenters. The van der Waals surface area contributed by atoms with E-state index in [9.17, 15) is 5.11 Å². The van der Waals surface area contributed by atoms with Crippen molar-refractivity contribution in [1.82, 2.24) is 0 Å². The molecule has 5 aliphatic carbocycles. The Balaban J connectivity index is 1.25. The van der Waals surface area contributed by atoms with E-state index in [1.165, 1.54) is 57.8 Å². The Bertz CT molecular complexity index is 1190. The predicted octanol–water partition coefficient (Wildman–Crippen LogP) is 9.68. The minimum atomic E-state index is -1.95. The van der Waals surface area contributed by atoms with Gasteiger partial charge in [-0.1, -0.05) is 62.0 Å². The van der Waals surface area contributed by atoms with Gasteiger partial charge in [-0.2, -0.15) is 0 Å². The van der Waals surface area contributed by atoms with Crippen molar-refractivity contribution in [3.8, 4) is 0 Å². The fraction of sp³-hybridized carbons (Fsp3) is 0.951. The summed E-state index contributed by atoms with van der Waals surface area (Å²) < 4.78 is 28.0. The van der Waals surface area contributed by atoms with Gasteiger partial charge < -0.3 is 23.7 Å².